The molecule has 0 radical (unpaired) electrons. The maximum Gasteiger partial charge on any atom is 0.267 e. The number of rotatable bonds is 5. The molecule has 0 aromatic carbocycles. The summed E-state index contributed by atoms with van der Waals surface area (Å²) >= 11 is 5.72. The van der Waals surface area contributed by atoms with Crippen LogP contribution >= 0.6 is 11.6 Å². The second kappa shape index (κ2) is 4.92. The number of hydrogen-bond acceptors (Lipinski definition) is 2. The van der Waals surface area contributed by atoms with Crippen molar-refractivity contribution < 1.29 is 4.79 Å². The molecule has 2 rings (SSSR count). The molecule has 0 saturated heterocycles. The Morgan fingerprint density at radius 1 is 1.47 bits per heavy atom. The highest BCUT2D eigenvalue weighted by atomic mass is 35.5. The highest BCUT2D eigenvalue weighted by Gasteiger charge is 2.41. The average molecular weight is 255 g/mol. The summed E-state index contributed by atoms with van der Waals surface area (Å²) in [5.74, 6) is 0.390. The van der Waals surface area contributed by atoms with E-state index in [1.807, 2.05) is 0 Å². The number of H-pyrrole nitrogens is 1. The lowest BCUT2D eigenvalue weighted by Gasteiger charge is -2.14. The Morgan fingerprint density at radius 3 is 2.82 bits per heavy atom. The number of pyridine rings is 1. The molecule has 0 unspecified atom stereocenters. The summed E-state index contributed by atoms with van der Waals surface area (Å²) in [4.78, 5) is 25.3. The van der Waals surface area contributed by atoms with Crippen molar-refractivity contribution in [3.63, 3.8) is 0 Å². The highest BCUT2D eigenvalue weighted by Crippen LogP contribution is 2.48. The van der Waals surface area contributed by atoms with Gasteiger partial charge in [0.15, 0.2) is 0 Å². The van der Waals surface area contributed by atoms with Crippen molar-refractivity contribution in [2.24, 2.45) is 5.41 Å². The molecule has 0 atom stereocenters. The van der Waals surface area contributed by atoms with E-state index >= 15 is 0 Å². The van der Waals surface area contributed by atoms with E-state index in [1.54, 1.807) is 12.1 Å². The Bertz CT molecular complexity index is 466. The molecule has 2 N–H and O–H groups in total. The fraction of sp³-hybridized carbons (Fsp3) is 0.500. The van der Waals surface area contributed by atoms with Crippen LogP contribution in [0.3, 0.4) is 0 Å². The topological polar surface area (TPSA) is 62.0 Å². The van der Waals surface area contributed by atoms with E-state index in [9.17, 15) is 9.59 Å². The van der Waals surface area contributed by atoms with Crippen molar-refractivity contribution in [3.05, 3.63) is 34.2 Å². The summed E-state index contributed by atoms with van der Waals surface area (Å²) < 4.78 is 0. The quantitative estimate of drug-likeness (QED) is 0.783. The van der Waals surface area contributed by atoms with Gasteiger partial charge < -0.3 is 10.3 Å². The SMILES string of the molecule is O=C(NCC1(CCCl)CC1)c1cccc(=O)[nH]1. The fourth-order valence-electron chi connectivity index (χ4n) is 1.84. The first kappa shape index (κ1) is 12.2. The third kappa shape index (κ3) is 3.09. The van der Waals surface area contributed by atoms with Crippen LogP contribution in [-0.4, -0.2) is 23.3 Å². The molecule has 92 valence electrons. The molecule has 1 amide bonds. The lowest BCUT2D eigenvalue weighted by molar-refractivity contribution is 0.0939. The Morgan fingerprint density at radius 2 is 2.24 bits per heavy atom. The van der Waals surface area contributed by atoms with Crippen molar-refractivity contribution >= 4 is 17.5 Å². The number of halogens is 1. The maximum atomic E-state index is 11.8. The van der Waals surface area contributed by atoms with Crippen LogP contribution in [0.15, 0.2) is 23.0 Å². The summed E-state index contributed by atoms with van der Waals surface area (Å²) in [6.07, 6.45) is 3.16. The molecule has 1 aliphatic carbocycles. The molecule has 1 fully saturated rings. The van der Waals surface area contributed by atoms with E-state index in [2.05, 4.69) is 10.3 Å². The molecule has 5 heteroatoms. The molecular formula is C12H15ClN2O2. The number of hydrogen-bond donors (Lipinski definition) is 2. The summed E-state index contributed by atoms with van der Waals surface area (Å²) in [5.41, 5.74) is 0.241. The second-order valence-corrected chi connectivity index (χ2v) is 4.93. The number of nitrogens with one attached hydrogen (secondary N) is 2. The average Bonchev–Trinajstić information content (AvgIpc) is 3.07. The molecule has 1 aromatic rings. The van der Waals surface area contributed by atoms with E-state index in [0.717, 1.165) is 19.3 Å². The van der Waals surface area contributed by atoms with Crippen LogP contribution in [0.25, 0.3) is 0 Å². The number of aromatic nitrogens is 1. The van der Waals surface area contributed by atoms with E-state index in [0.29, 0.717) is 18.1 Å². The van der Waals surface area contributed by atoms with Gasteiger partial charge in [0.25, 0.3) is 5.91 Å². The maximum absolute atomic E-state index is 11.8. The fourth-order valence-corrected chi connectivity index (χ4v) is 2.24. The predicted molar refractivity (Wildman–Crippen MR) is 66.4 cm³/mol. The van der Waals surface area contributed by atoms with Gasteiger partial charge in [-0.3, -0.25) is 9.59 Å². The number of alkyl halides is 1. The molecule has 0 aliphatic heterocycles. The van der Waals surface area contributed by atoms with Crippen LogP contribution in [0.4, 0.5) is 0 Å². The molecule has 1 aromatic heterocycles. The molecular weight excluding hydrogens is 240 g/mol. The van der Waals surface area contributed by atoms with Gasteiger partial charge in [0.1, 0.15) is 5.69 Å². The normalized spacial score (nSPS) is 16.5. The van der Waals surface area contributed by atoms with E-state index < -0.39 is 0 Å². The first-order valence-corrected chi connectivity index (χ1v) is 6.22. The molecule has 1 saturated carbocycles. The first-order chi connectivity index (χ1) is 8.15. The smallest absolute Gasteiger partial charge is 0.267 e. The van der Waals surface area contributed by atoms with Crippen LogP contribution in [0.2, 0.25) is 0 Å². The summed E-state index contributed by atoms with van der Waals surface area (Å²) in [5, 5.41) is 2.85. The van der Waals surface area contributed by atoms with Crippen LogP contribution in [-0.2, 0) is 0 Å². The standard InChI is InChI=1S/C12H15ClN2O2/c13-7-6-12(4-5-12)8-14-11(17)9-2-1-3-10(16)15-9/h1-3H,4-8H2,(H,14,17)(H,15,16). The lowest BCUT2D eigenvalue weighted by Crippen LogP contribution is -2.31. The molecule has 1 aliphatic rings. The van der Waals surface area contributed by atoms with Crippen molar-refractivity contribution in [1.29, 1.82) is 0 Å². The number of amides is 1. The van der Waals surface area contributed by atoms with Gasteiger partial charge in [0.05, 0.1) is 0 Å². The van der Waals surface area contributed by atoms with Crippen molar-refractivity contribution in [2.75, 3.05) is 12.4 Å². The Hall–Kier alpha value is -1.29. The van der Waals surface area contributed by atoms with Gasteiger partial charge in [-0.05, 0) is 30.7 Å². The van der Waals surface area contributed by atoms with Gasteiger partial charge >= 0.3 is 0 Å². The Kier molecular flexibility index (Phi) is 3.52. The molecule has 0 spiro atoms. The Labute approximate surface area is 104 Å². The zero-order valence-electron chi connectivity index (χ0n) is 9.46. The van der Waals surface area contributed by atoms with E-state index in [4.69, 9.17) is 11.6 Å². The van der Waals surface area contributed by atoms with Gasteiger partial charge in [0.2, 0.25) is 5.56 Å². The number of aromatic amines is 1. The lowest BCUT2D eigenvalue weighted by atomic mass is 10.0. The summed E-state index contributed by atoms with van der Waals surface area (Å²) in [7, 11) is 0. The zero-order chi connectivity index (χ0) is 12.3. The molecule has 17 heavy (non-hydrogen) atoms. The van der Waals surface area contributed by atoms with E-state index in [1.165, 1.54) is 6.07 Å². The van der Waals surface area contributed by atoms with Crippen LogP contribution in [0, 0.1) is 5.41 Å². The van der Waals surface area contributed by atoms with Crippen molar-refractivity contribution in [1.82, 2.24) is 10.3 Å². The van der Waals surface area contributed by atoms with Gasteiger partial charge in [0, 0.05) is 18.5 Å². The highest BCUT2D eigenvalue weighted by molar-refractivity contribution is 6.17. The van der Waals surface area contributed by atoms with E-state index in [-0.39, 0.29) is 16.9 Å². The van der Waals surface area contributed by atoms with Gasteiger partial charge in [-0.1, -0.05) is 6.07 Å². The summed E-state index contributed by atoms with van der Waals surface area (Å²) in [6.45, 7) is 0.634. The number of carbonyl (C=O) groups is 1. The third-order valence-corrected chi connectivity index (χ3v) is 3.41. The van der Waals surface area contributed by atoms with Crippen LogP contribution < -0.4 is 10.9 Å². The molecule has 1 heterocycles. The minimum absolute atomic E-state index is 0.201. The monoisotopic (exact) mass is 254 g/mol. The van der Waals surface area contributed by atoms with Gasteiger partial charge in [-0.2, -0.15) is 0 Å². The van der Waals surface area contributed by atoms with Crippen molar-refractivity contribution in [2.45, 2.75) is 19.3 Å². The van der Waals surface area contributed by atoms with Crippen molar-refractivity contribution in [3.8, 4) is 0 Å². The van der Waals surface area contributed by atoms with Gasteiger partial charge in [-0.25, -0.2) is 0 Å². The largest absolute Gasteiger partial charge is 0.350 e. The zero-order valence-corrected chi connectivity index (χ0v) is 10.2. The molecule has 4 nitrogen and oxygen atoms in total. The first-order valence-electron chi connectivity index (χ1n) is 5.69. The summed E-state index contributed by atoms with van der Waals surface area (Å²) in [6, 6.07) is 4.55. The molecule has 0 bridgehead atoms. The number of carbonyl (C=O) groups excluding carboxylic acids is 1. The minimum Gasteiger partial charge on any atom is -0.350 e. The minimum atomic E-state index is -0.264. The Balaban J connectivity index is 1.92. The van der Waals surface area contributed by atoms with Gasteiger partial charge in [-0.15, -0.1) is 11.6 Å². The predicted octanol–water partition coefficient (Wildman–Crippen LogP) is 1.51. The third-order valence-electron chi connectivity index (χ3n) is 3.22. The van der Waals surface area contributed by atoms with Crippen LogP contribution in [0.1, 0.15) is 29.8 Å². The second-order valence-electron chi connectivity index (χ2n) is 4.55. The van der Waals surface area contributed by atoms with Crippen LogP contribution in [0.5, 0.6) is 0 Å².